The fourth-order valence-corrected chi connectivity index (χ4v) is 4.36. The number of halogens is 1. The number of H-pyrrole nitrogens is 1. The summed E-state index contributed by atoms with van der Waals surface area (Å²) in [5.74, 6) is 1.28. The zero-order valence-electron chi connectivity index (χ0n) is 18.8. The summed E-state index contributed by atoms with van der Waals surface area (Å²) in [6.07, 6.45) is 10.7. The highest BCUT2D eigenvalue weighted by Gasteiger charge is 2.23. The van der Waals surface area contributed by atoms with Crippen molar-refractivity contribution in [1.82, 2.24) is 34.8 Å². The van der Waals surface area contributed by atoms with Crippen molar-refractivity contribution in [1.29, 1.82) is 0 Å². The minimum Gasteiger partial charge on any atom is -0.351 e. The Morgan fingerprint density at radius 2 is 1.63 bits per heavy atom. The van der Waals surface area contributed by atoms with Gasteiger partial charge in [-0.05, 0) is 23.8 Å². The van der Waals surface area contributed by atoms with E-state index in [-0.39, 0.29) is 5.82 Å². The second-order valence-corrected chi connectivity index (χ2v) is 8.45. The molecule has 0 spiro atoms. The van der Waals surface area contributed by atoms with Crippen LogP contribution < -0.4 is 15.5 Å². The van der Waals surface area contributed by atoms with E-state index in [9.17, 15) is 4.39 Å². The molecule has 0 radical (unpaired) electrons. The molecule has 176 valence electrons. The number of hydrogen-bond donors (Lipinski definition) is 2. The van der Waals surface area contributed by atoms with Crippen LogP contribution in [0.3, 0.4) is 0 Å². The van der Waals surface area contributed by atoms with Gasteiger partial charge in [0.2, 0.25) is 5.95 Å². The number of anilines is 2. The molecule has 5 aromatic rings. The van der Waals surface area contributed by atoms with Crippen LogP contribution in [0.4, 0.5) is 16.2 Å². The van der Waals surface area contributed by atoms with Gasteiger partial charge in [0.1, 0.15) is 17.7 Å². The number of nitrogens with two attached hydrogens (primary N) is 1. The van der Waals surface area contributed by atoms with Gasteiger partial charge >= 0.3 is 0 Å². The van der Waals surface area contributed by atoms with Gasteiger partial charge in [-0.25, -0.2) is 23.9 Å². The topological polar surface area (TPSA) is 117 Å². The van der Waals surface area contributed by atoms with Crippen LogP contribution in [0.2, 0.25) is 0 Å². The van der Waals surface area contributed by atoms with Crippen LogP contribution in [0.1, 0.15) is 17.2 Å². The molecule has 1 aliphatic heterocycles. The maximum Gasteiger partial charge on any atom is 0.225 e. The molecule has 11 heteroatoms. The minimum absolute atomic E-state index is 0.287. The van der Waals surface area contributed by atoms with Crippen LogP contribution >= 0.6 is 0 Å². The molecule has 1 atom stereocenters. The van der Waals surface area contributed by atoms with Crippen molar-refractivity contribution < 1.29 is 4.39 Å². The average molecular weight is 471 g/mol. The van der Waals surface area contributed by atoms with Gasteiger partial charge in [0.15, 0.2) is 5.82 Å². The maximum absolute atomic E-state index is 13.2. The Balaban J connectivity index is 1.15. The lowest BCUT2D eigenvalue weighted by atomic mass is 10.0. The summed E-state index contributed by atoms with van der Waals surface area (Å²) < 4.78 is 15.0. The van der Waals surface area contributed by atoms with Crippen molar-refractivity contribution in [3.8, 4) is 11.1 Å². The standard InChI is InChI=1S/C24H23FN10/c25-20-3-1-16(2-4-20)22(26)19-10-27-24(28-11-19)34-7-5-33(6-8-34)23-21-9-17(18-12-30-31-13-18)14-35(21)32-15-29-23/h1-4,9-15,22H,5-8,26H2,(H,30,31). The zero-order valence-corrected chi connectivity index (χ0v) is 18.8. The number of fused-ring (bicyclic) bond motifs is 1. The Hall–Kier alpha value is -4.38. The highest BCUT2D eigenvalue weighted by molar-refractivity contribution is 5.77. The molecule has 10 nitrogen and oxygen atoms in total. The number of piperazine rings is 1. The Kier molecular flexibility index (Phi) is 5.30. The van der Waals surface area contributed by atoms with Crippen LogP contribution in [0.25, 0.3) is 16.6 Å². The molecule has 0 saturated carbocycles. The fourth-order valence-electron chi connectivity index (χ4n) is 4.36. The number of aromatic amines is 1. The van der Waals surface area contributed by atoms with Gasteiger partial charge in [0, 0.05) is 67.7 Å². The van der Waals surface area contributed by atoms with Crippen molar-refractivity contribution in [2.45, 2.75) is 6.04 Å². The molecule has 5 heterocycles. The van der Waals surface area contributed by atoms with Gasteiger partial charge in [-0.2, -0.15) is 10.2 Å². The van der Waals surface area contributed by atoms with Crippen molar-refractivity contribution in [2.24, 2.45) is 5.73 Å². The Labute approximate surface area is 200 Å². The first-order valence-electron chi connectivity index (χ1n) is 11.3. The highest BCUT2D eigenvalue weighted by Crippen LogP contribution is 2.27. The van der Waals surface area contributed by atoms with Gasteiger partial charge in [-0.1, -0.05) is 12.1 Å². The van der Waals surface area contributed by atoms with Crippen LogP contribution in [0.15, 0.2) is 67.6 Å². The molecule has 1 unspecified atom stereocenters. The van der Waals surface area contributed by atoms with Crippen molar-refractivity contribution in [3.05, 3.63) is 84.6 Å². The number of nitrogens with one attached hydrogen (secondary N) is 1. The van der Waals surface area contributed by atoms with E-state index in [0.29, 0.717) is 5.95 Å². The van der Waals surface area contributed by atoms with Crippen molar-refractivity contribution in [3.63, 3.8) is 0 Å². The van der Waals surface area contributed by atoms with Gasteiger partial charge in [0.25, 0.3) is 0 Å². The van der Waals surface area contributed by atoms with Gasteiger partial charge in [-0.15, -0.1) is 0 Å². The van der Waals surface area contributed by atoms with E-state index in [4.69, 9.17) is 5.73 Å². The molecule has 1 aromatic carbocycles. The van der Waals surface area contributed by atoms with E-state index in [1.54, 1.807) is 37.1 Å². The van der Waals surface area contributed by atoms with E-state index in [0.717, 1.165) is 59.8 Å². The lowest BCUT2D eigenvalue weighted by molar-refractivity contribution is 0.626. The number of benzene rings is 1. The molecule has 0 amide bonds. The first-order valence-corrected chi connectivity index (χ1v) is 11.3. The predicted octanol–water partition coefficient (Wildman–Crippen LogP) is 2.42. The quantitative estimate of drug-likeness (QED) is 0.402. The third kappa shape index (κ3) is 4.06. The van der Waals surface area contributed by atoms with Crippen molar-refractivity contribution in [2.75, 3.05) is 36.0 Å². The number of hydrogen-bond acceptors (Lipinski definition) is 8. The van der Waals surface area contributed by atoms with Gasteiger partial charge in [0.05, 0.1) is 12.2 Å². The average Bonchev–Trinajstić information content (AvgIpc) is 3.59. The smallest absolute Gasteiger partial charge is 0.225 e. The summed E-state index contributed by atoms with van der Waals surface area (Å²) in [6.45, 7) is 3.07. The van der Waals surface area contributed by atoms with Crippen LogP contribution in [0.5, 0.6) is 0 Å². The van der Waals surface area contributed by atoms with Gasteiger partial charge in [-0.3, -0.25) is 5.10 Å². The Morgan fingerprint density at radius 3 is 2.34 bits per heavy atom. The van der Waals surface area contributed by atoms with Crippen LogP contribution in [-0.2, 0) is 0 Å². The molecule has 35 heavy (non-hydrogen) atoms. The summed E-state index contributed by atoms with van der Waals surface area (Å²) in [5.41, 5.74) is 10.9. The predicted molar refractivity (Wildman–Crippen MR) is 129 cm³/mol. The monoisotopic (exact) mass is 470 g/mol. The SMILES string of the molecule is NC(c1ccc(F)cc1)c1cnc(N2CCN(c3ncnn4cc(-c5cn[nH]c5)cc34)CC2)nc1. The van der Waals surface area contributed by atoms with E-state index < -0.39 is 6.04 Å². The number of nitrogens with zero attached hydrogens (tertiary/aromatic N) is 8. The molecule has 1 fully saturated rings. The fraction of sp³-hybridized carbons (Fsp3) is 0.208. The number of aromatic nitrogens is 7. The summed E-state index contributed by atoms with van der Waals surface area (Å²) >= 11 is 0. The summed E-state index contributed by atoms with van der Waals surface area (Å²) in [6, 6.07) is 7.85. The third-order valence-corrected chi connectivity index (χ3v) is 6.33. The highest BCUT2D eigenvalue weighted by atomic mass is 19.1. The minimum atomic E-state index is -0.407. The number of rotatable bonds is 5. The second-order valence-electron chi connectivity index (χ2n) is 8.45. The second kappa shape index (κ2) is 8.76. The first kappa shape index (κ1) is 21.2. The van der Waals surface area contributed by atoms with Crippen LogP contribution in [0, 0.1) is 5.82 Å². The van der Waals surface area contributed by atoms with E-state index in [1.807, 2.05) is 16.9 Å². The summed E-state index contributed by atoms with van der Waals surface area (Å²) in [7, 11) is 0. The normalized spacial score (nSPS) is 15.0. The molecule has 1 aliphatic rings. The van der Waals surface area contributed by atoms with Crippen molar-refractivity contribution >= 4 is 17.3 Å². The summed E-state index contributed by atoms with van der Waals surface area (Å²) in [5, 5.41) is 11.2. The van der Waals surface area contributed by atoms with Gasteiger partial charge < -0.3 is 15.5 Å². The van der Waals surface area contributed by atoms with E-state index >= 15 is 0 Å². The largest absolute Gasteiger partial charge is 0.351 e. The molecule has 6 rings (SSSR count). The lowest BCUT2D eigenvalue weighted by Gasteiger charge is -2.35. The summed E-state index contributed by atoms with van der Waals surface area (Å²) in [4.78, 5) is 18.1. The van der Waals surface area contributed by atoms with E-state index in [2.05, 4.69) is 46.1 Å². The molecule has 4 aromatic heterocycles. The Morgan fingerprint density at radius 1 is 0.886 bits per heavy atom. The van der Waals surface area contributed by atoms with E-state index in [1.165, 1.54) is 12.1 Å². The molecule has 0 aliphatic carbocycles. The first-order chi connectivity index (χ1) is 17.2. The zero-order chi connectivity index (χ0) is 23.8. The maximum atomic E-state index is 13.2. The lowest BCUT2D eigenvalue weighted by Crippen LogP contribution is -2.47. The molecule has 3 N–H and O–H groups in total. The molecular weight excluding hydrogens is 447 g/mol. The van der Waals surface area contributed by atoms with Crippen LogP contribution in [-0.4, -0.2) is 60.9 Å². The third-order valence-electron chi connectivity index (χ3n) is 6.33. The Bertz CT molecular complexity index is 1420. The molecule has 0 bridgehead atoms. The molecular formula is C24H23FN10. The molecule has 1 saturated heterocycles.